The molecule has 0 aliphatic heterocycles. The molecule has 2 aromatic rings. The molecule has 0 atom stereocenters. The summed E-state index contributed by atoms with van der Waals surface area (Å²) in [6.07, 6.45) is 2.67. The maximum absolute atomic E-state index is 12.4. The van der Waals surface area contributed by atoms with Crippen molar-refractivity contribution in [2.24, 2.45) is 5.92 Å². The van der Waals surface area contributed by atoms with Gasteiger partial charge in [0.25, 0.3) is 0 Å². The van der Waals surface area contributed by atoms with E-state index in [0.717, 1.165) is 36.3 Å². The first-order valence-corrected chi connectivity index (χ1v) is 11.6. The van der Waals surface area contributed by atoms with Gasteiger partial charge in [0.05, 0.1) is 10.6 Å². The van der Waals surface area contributed by atoms with Gasteiger partial charge in [-0.25, -0.2) is 13.1 Å². The van der Waals surface area contributed by atoms with Crippen molar-refractivity contribution >= 4 is 21.6 Å². The zero-order valence-electron chi connectivity index (χ0n) is 17.5. The van der Waals surface area contributed by atoms with E-state index in [4.69, 9.17) is 0 Å². The first-order chi connectivity index (χ1) is 13.7. The second-order valence-electron chi connectivity index (χ2n) is 8.20. The topological polar surface area (TPSA) is 93.1 Å². The first-order valence-electron chi connectivity index (χ1n) is 10.1. The molecule has 0 unspecified atom stereocenters. The molecular formula is C21H30N4O3S. The van der Waals surface area contributed by atoms with E-state index in [1.807, 2.05) is 18.5 Å². The highest BCUT2D eigenvalue weighted by molar-refractivity contribution is 7.89. The van der Waals surface area contributed by atoms with E-state index in [0.29, 0.717) is 24.4 Å². The number of carbonyl (C=O) groups excluding carboxylic acids is 1. The van der Waals surface area contributed by atoms with Crippen LogP contribution in [-0.4, -0.2) is 30.1 Å². The number of carbonyl (C=O) groups is 1. The lowest BCUT2D eigenvalue weighted by atomic mass is 10.1. The molecule has 2 N–H and O–H groups in total. The van der Waals surface area contributed by atoms with Gasteiger partial charge >= 0.3 is 0 Å². The maximum Gasteiger partial charge on any atom is 0.240 e. The zero-order chi connectivity index (χ0) is 21.2. The number of anilines is 1. The quantitative estimate of drug-likeness (QED) is 0.654. The summed E-state index contributed by atoms with van der Waals surface area (Å²) in [5, 5.41) is 7.40. The van der Waals surface area contributed by atoms with Crippen molar-refractivity contribution in [3.05, 3.63) is 41.2 Å². The number of rotatable bonds is 9. The van der Waals surface area contributed by atoms with Gasteiger partial charge in [-0.05, 0) is 62.8 Å². The van der Waals surface area contributed by atoms with Crippen LogP contribution in [0.3, 0.4) is 0 Å². The average Bonchev–Trinajstić information content (AvgIpc) is 3.39. The van der Waals surface area contributed by atoms with Crippen molar-refractivity contribution in [3.63, 3.8) is 0 Å². The minimum absolute atomic E-state index is 0.0429. The van der Waals surface area contributed by atoms with E-state index < -0.39 is 10.0 Å². The number of nitrogens with one attached hydrogen (secondary N) is 2. The monoisotopic (exact) mass is 418 g/mol. The molecule has 0 saturated heterocycles. The molecule has 1 amide bonds. The molecule has 0 bridgehead atoms. The third kappa shape index (κ3) is 5.67. The molecule has 7 nitrogen and oxygen atoms in total. The van der Waals surface area contributed by atoms with Crippen molar-refractivity contribution in [1.82, 2.24) is 14.5 Å². The number of sulfonamides is 1. The summed E-state index contributed by atoms with van der Waals surface area (Å²) in [5.41, 5.74) is 3.64. The number of benzene rings is 1. The van der Waals surface area contributed by atoms with Gasteiger partial charge < -0.3 is 5.32 Å². The van der Waals surface area contributed by atoms with E-state index in [-0.39, 0.29) is 16.8 Å². The summed E-state index contributed by atoms with van der Waals surface area (Å²) in [7, 11) is -3.54. The minimum atomic E-state index is -3.54. The van der Waals surface area contributed by atoms with Crippen LogP contribution in [0.2, 0.25) is 0 Å². The third-order valence-corrected chi connectivity index (χ3v) is 6.52. The van der Waals surface area contributed by atoms with Crippen LogP contribution in [0.5, 0.6) is 0 Å². The highest BCUT2D eigenvalue weighted by Gasteiger charge is 2.28. The summed E-state index contributed by atoms with van der Waals surface area (Å²) in [4.78, 5) is 12.6. The number of amides is 1. The highest BCUT2D eigenvalue weighted by atomic mass is 32.2. The van der Waals surface area contributed by atoms with Gasteiger partial charge in [0, 0.05) is 30.4 Å². The smallest absolute Gasteiger partial charge is 0.240 e. The summed E-state index contributed by atoms with van der Waals surface area (Å²) in [6.45, 7) is 9.17. The van der Waals surface area contributed by atoms with E-state index in [1.165, 1.54) is 12.1 Å². The van der Waals surface area contributed by atoms with Gasteiger partial charge in [-0.1, -0.05) is 19.9 Å². The fraction of sp³-hybridized carbons (Fsp3) is 0.524. The van der Waals surface area contributed by atoms with Gasteiger partial charge in [0.15, 0.2) is 0 Å². The normalized spacial score (nSPS) is 14.4. The van der Waals surface area contributed by atoms with Crippen LogP contribution in [0.4, 0.5) is 5.69 Å². The maximum atomic E-state index is 12.4. The van der Waals surface area contributed by atoms with Crippen molar-refractivity contribution < 1.29 is 13.2 Å². The Morgan fingerprint density at radius 2 is 2.00 bits per heavy atom. The van der Waals surface area contributed by atoms with Crippen LogP contribution < -0.4 is 10.0 Å². The molecule has 1 aliphatic carbocycles. The molecule has 1 saturated carbocycles. The number of hydrogen-bond donors (Lipinski definition) is 2. The number of nitrogens with zero attached hydrogens (tertiary/aromatic N) is 2. The van der Waals surface area contributed by atoms with Crippen LogP contribution >= 0.6 is 0 Å². The Morgan fingerprint density at radius 3 is 2.66 bits per heavy atom. The summed E-state index contributed by atoms with van der Waals surface area (Å²) in [6, 6.07) is 6.42. The van der Waals surface area contributed by atoms with Gasteiger partial charge in [-0.3, -0.25) is 9.48 Å². The van der Waals surface area contributed by atoms with Crippen molar-refractivity contribution in [2.75, 3.05) is 5.32 Å². The molecule has 1 aliphatic rings. The van der Waals surface area contributed by atoms with Crippen LogP contribution in [0.25, 0.3) is 0 Å². The van der Waals surface area contributed by atoms with E-state index in [1.54, 1.807) is 12.1 Å². The van der Waals surface area contributed by atoms with Gasteiger partial charge in [-0.2, -0.15) is 5.10 Å². The molecule has 3 rings (SSSR count). The Kier molecular flexibility index (Phi) is 6.43. The first kappa shape index (κ1) is 21.5. The fourth-order valence-corrected chi connectivity index (χ4v) is 4.66. The fourth-order valence-electron chi connectivity index (χ4n) is 3.31. The van der Waals surface area contributed by atoms with E-state index in [2.05, 4.69) is 29.0 Å². The molecule has 29 heavy (non-hydrogen) atoms. The SMILES string of the molecule is Cc1nn(CC(C)C)c(C)c1CCC(=O)Nc1cccc(S(=O)(=O)NC2CC2)c1. The van der Waals surface area contributed by atoms with Crippen LogP contribution in [0.1, 0.15) is 50.1 Å². The average molecular weight is 419 g/mol. The largest absolute Gasteiger partial charge is 0.326 e. The lowest BCUT2D eigenvalue weighted by molar-refractivity contribution is -0.116. The van der Waals surface area contributed by atoms with Crippen molar-refractivity contribution in [2.45, 2.75) is 70.9 Å². The molecule has 0 radical (unpaired) electrons. The third-order valence-electron chi connectivity index (χ3n) is 5.00. The van der Waals surface area contributed by atoms with E-state index in [9.17, 15) is 13.2 Å². The standard InChI is InChI=1S/C21H30N4O3S/c1-14(2)13-25-16(4)20(15(3)23-25)10-11-21(26)22-18-6-5-7-19(12-18)29(27,28)24-17-8-9-17/h5-7,12,14,17,24H,8-11,13H2,1-4H3,(H,22,26). The van der Waals surface area contributed by atoms with Crippen molar-refractivity contribution in [3.8, 4) is 0 Å². The Balaban J connectivity index is 1.62. The highest BCUT2D eigenvalue weighted by Crippen LogP contribution is 2.23. The lowest BCUT2D eigenvalue weighted by Gasteiger charge is -2.10. The second-order valence-corrected chi connectivity index (χ2v) is 9.91. The van der Waals surface area contributed by atoms with E-state index >= 15 is 0 Å². The molecular weight excluding hydrogens is 388 g/mol. The molecule has 1 aromatic carbocycles. The van der Waals surface area contributed by atoms with Crippen LogP contribution in [0, 0.1) is 19.8 Å². The molecule has 1 aromatic heterocycles. The summed E-state index contributed by atoms with van der Waals surface area (Å²) in [5.74, 6) is 0.354. The predicted molar refractivity (Wildman–Crippen MR) is 113 cm³/mol. The lowest BCUT2D eigenvalue weighted by Crippen LogP contribution is -2.25. The van der Waals surface area contributed by atoms with Gasteiger partial charge in [0.2, 0.25) is 15.9 Å². The molecule has 158 valence electrons. The Bertz CT molecular complexity index is 991. The van der Waals surface area contributed by atoms with Gasteiger partial charge in [0.1, 0.15) is 0 Å². The van der Waals surface area contributed by atoms with Crippen LogP contribution in [0.15, 0.2) is 29.2 Å². The predicted octanol–water partition coefficient (Wildman–Crippen LogP) is 3.17. The number of aromatic nitrogens is 2. The summed E-state index contributed by atoms with van der Waals surface area (Å²) < 4.78 is 29.4. The Labute approximate surface area is 172 Å². The van der Waals surface area contributed by atoms with Crippen LogP contribution in [-0.2, 0) is 27.8 Å². The Hall–Kier alpha value is -2.19. The minimum Gasteiger partial charge on any atom is -0.326 e. The summed E-state index contributed by atoms with van der Waals surface area (Å²) >= 11 is 0. The molecule has 0 spiro atoms. The zero-order valence-corrected chi connectivity index (χ0v) is 18.3. The molecule has 1 heterocycles. The number of aryl methyl sites for hydroxylation is 1. The Morgan fingerprint density at radius 1 is 1.28 bits per heavy atom. The van der Waals surface area contributed by atoms with Gasteiger partial charge in [-0.15, -0.1) is 0 Å². The molecule has 1 fully saturated rings. The second kappa shape index (κ2) is 8.67. The van der Waals surface area contributed by atoms with Crippen molar-refractivity contribution in [1.29, 1.82) is 0 Å². The number of hydrogen-bond acceptors (Lipinski definition) is 4. The molecule has 8 heteroatoms.